The molecule has 0 unspecified atom stereocenters. The van der Waals surface area contributed by atoms with Crippen LogP contribution in [0.1, 0.15) is 22.8 Å². The van der Waals surface area contributed by atoms with Crippen LogP contribution >= 0.6 is 0 Å². The predicted octanol–water partition coefficient (Wildman–Crippen LogP) is 2.96. The molecule has 0 spiro atoms. The third-order valence-corrected chi connectivity index (χ3v) is 4.00. The van der Waals surface area contributed by atoms with E-state index >= 15 is 0 Å². The summed E-state index contributed by atoms with van der Waals surface area (Å²) < 4.78 is 21.6. The van der Waals surface area contributed by atoms with Crippen LogP contribution in [0, 0.1) is 6.92 Å². The van der Waals surface area contributed by atoms with Crippen LogP contribution in [0.25, 0.3) is 0 Å². The van der Waals surface area contributed by atoms with E-state index in [4.69, 9.17) is 18.9 Å². The molecule has 0 saturated carbocycles. The summed E-state index contributed by atoms with van der Waals surface area (Å²) in [6.07, 6.45) is -0.975. The summed E-state index contributed by atoms with van der Waals surface area (Å²) in [7, 11) is 1.47. The lowest BCUT2D eigenvalue weighted by molar-refractivity contribution is -0.123. The van der Waals surface area contributed by atoms with Crippen molar-refractivity contribution in [1.82, 2.24) is 0 Å². The van der Waals surface area contributed by atoms with Crippen LogP contribution in [-0.4, -0.2) is 38.3 Å². The first kappa shape index (κ1) is 18.6. The summed E-state index contributed by atoms with van der Waals surface area (Å²) in [5, 5.41) is 2.73. The van der Waals surface area contributed by atoms with Crippen LogP contribution in [0.5, 0.6) is 17.2 Å². The molecular weight excluding hydrogens is 350 g/mol. The lowest BCUT2D eigenvalue weighted by Gasteiger charge is -2.21. The molecule has 1 heterocycles. The van der Waals surface area contributed by atoms with Gasteiger partial charge in [-0.1, -0.05) is 12.1 Å². The van der Waals surface area contributed by atoms with Gasteiger partial charge in [0.05, 0.1) is 12.7 Å². The van der Waals surface area contributed by atoms with Gasteiger partial charge in [-0.15, -0.1) is 0 Å². The van der Waals surface area contributed by atoms with Crippen LogP contribution < -0.4 is 19.5 Å². The average Bonchev–Trinajstić information content (AvgIpc) is 2.66. The number of methoxy groups -OCH3 is 1. The second kappa shape index (κ2) is 7.99. The van der Waals surface area contributed by atoms with Crippen LogP contribution in [-0.2, 0) is 9.53 Å². The van der Waals surface area contributed by atoms with Crippen molar-refractivity contribution in [1.29, 1.82) is 0 Å². The number of anilines is 1. The van der Waals surface area contributed by atoms with Crippen LogP contribution in [0.15, 0.2) is 36.4 Å². The zero-order valence-electron chi connectivity index (χ0n) is 15.4. The van der Waals surface area contributed by atoms with Gasteiger partial charge in [0.15, 0.2) is 17.6 Å². The van der Waals surface area contributed by atoms with Crippen molar-refractivity contribution in [3.05, 3.63) is 47.5 Å². The number of hydrogen-bond acceptors (Lipinski definition) is 6. The molecule has 2 aromatic rings. The topological polar surface area (TPSA) is 83.1 Å². The summed E-state index contributed by atoms with van der Waals surface area (Å²) in [6, 6.07) is 10.4. The maximum absolute atomic E-state index is 12.5. The maximum Gasteiger partial charge on any atom is 0.339 e. The lowest BCUT2D eigenvalue weighted by Crippen LogP contribution is -2.30. The monoisotopic (exact) mass is 371 g/mol. The minimum Gasteiger partial charge on any atom is -0.493 e. The molecule has 0 bridgehead atoms. The van der Waals surface area contributed by atoms with Gasteiger partial charge in [-0.05, 0) is 43.7 Å². The smallest absolute Gasteiger partial charge is 0.339 e. The molecule has 0 radical (unpaired) electrons. The van der Waals surface area contributed by atoms with Crippen molar-refractivity contribution in [3.63, 3.8) is 0 Å². The molecule has 1 atom stereocenters. The number of amides is 1. The van der Waals surface area contributed by atoms with Gasteiger partial charge in [-0.2, -0.15) is 0 Å². The van der Waals surface area contributed by atoms with Crippen molar-refractivity contribution < 1.29 is 28.5 Å². The summed E-state index contributed by atoms with van der Waals surface area (Å²) in [4.78, 5) is 24.8. The third kappa shape index (κ3) is 4.31. The zero-order valence-corrected chi connectivity index (χ0v) is 15.4. The van der Waals surface area contributed by atoms with Crippen molar-refractivity contribution in [2.75, 3.05) is 25.6 Å². The summed E-state index contributed by atoms with van der Waals surface area (Å²) in [5.41, 5.74) is 1.87. The average molecular weight is 371 g/mol. The number of carbonyl (C=O) groups excluding carboxylic acids is 2. The van der Waals surface area contributed by atoms with E-state index in [0.717, 1.165) is 5.56 Å². The Bertz CT molecular complexity index is 846. The molecule has 0 aliphatic carbocycles. The van der Waals surface area contributed by atoms with Crippen molar-refractivity contribution in [2.45, 2.75) is 20.0 Å². The molecule has 142 valence electrons. The fourth-order valence-electron chi connectivity index (χ4n) is 2.64. The summed E-state index contributed by atoms with van der Waals surface area (Å²) in [5.74, 6) is 0.154. The van der Waals surface area contributed by atoms with Crippen LogP contribution in [0.2, 0.25) is 0 Å². The molecule has 1 N–H and O–H groups in total. The van der Waals surface area contributed by atoms with Gasteiger partial charge < -0.3 is 24.3 Å². The summed E-state index contributed by atoms with van der Waals surface area (Å²) >= 11 is 0. The Balaban J connectivity index is 1.70. The summed E-state index contributed by atoms with van der Waals surface area (Å²) in [6.45, 7) is 4.22. The first-order valence-electron chi connectivity index (χ1n) is 8.54. The fraction of sp³-hybridized carbons (Fsp3) is 0.300. The molecule has 0 aromatic heterocycles. The van der Waals surface area contributed by atoms with Gasteiger partial charge in [-0.3, -0.25) is 4.79 Å². The molecule has 1 aliphatic rings. The highest BCUT2D eigenvalue weighted by molar-refractivity contribution is 5.97. The SMILES string of the molecule is COc1cc(C(=O)O[C@@H](C)C(=O)Nc2cccc(C)c2)cc2c1OCCO2. The quantitative estimate of drug-likeness (QED) is 0.814. The van der Waals surface area contributed by atoms with Gasteiger partial charge >= 0.3 is 5.97 Å². The number of rotatable bonds is 5. The van der Waals surface area contributed by atoms with E-state index in [0.29, 0.717) is 36.1 Å². The molecule has 7 heteroatoms. The van der Waals surface area contributed by atoms with E-state index in [2.05, 4.69) is 5.32 Å². The van der Waals surface area contributed by atoms with Crippen molar-refractivity contribution in [2.24, 2.45) is 0 Å². The van der Waals surface area contributed by atoms with E-state index in [1.54, 1.807) is 6.07 Å². The van der Waals surface area contributed by atoms with Gasteiger partial charge in [-0.25, -0.2) is 4.79 Å². The Morgan fingerprint density at radius 3 is 2.67 bits per heavy atom. The minimum absolute atomic E-state index is 0.214. The van der Waals surface area contributed by atoms with Gasteiger partial charge in [0.2, 0.25) is 5.75 Å². The molecule has 1 amide bonds. The molecule has 2 aromatic carbocycles. The second-order valence-corrected chi connectivity index (χ2v) is 6.11. The molecule has 1 aliphatic heterocycles. The van der Waals surface area contributed by atoms with E-state index in [9.17, 15) is 9.59 Å². The highest BCUT2D eigenvalue weighted by atomic mass is 16.6. The molecule has 7 nitrogen and oxygen atoms in total. The second-order valence-electron chi connectivity index (χ2n) is 6.11. The highest BCUT2D eigenvalue weighted by Crippen LogP contribution is 2.40. The van der Waals surface area contributed by atoms with E-state index in [1.165, 1.54) is 26.2 Å². The Kier molecular flexibility index (Phi) is 5.49. The normalized spacial score (nSPS) is 13.4. The van der Waals surface area contributed by atoms with Gasteiger partial charge in [0, 0.05) is 5.69 Å². The first-order valence-corrected chi connectivity index (χ1v) is 8.54. The van der Waals surface area contributed by atoms with E-state index < -0.39 is 18.0 Å². The standard InChI is InChI=1S/C20H21NO6/c1-12-5-4-6-15(9-12)21-19(22)13(2)27-20(23)14-10-16(24-3)18-17(11-14)25-7-8-26-18/h4-6,9-11,13H,7-8H2,1-3H3,(H,21,22)/t13-/m0/s1. The van der Waals surface area contributed by atoms with E-state index in [1.807, 2.05) is 25.1 Å². The lowest BCUT2D eigenvalue weighted by atomic mass is 10.1. The largest absolute Gasteiger partial charge is 0.493 e. The third-order valence-electron chi connectivity index (χ3n) is 4.00. The van der Waals surface area contributed by atoms with Crippen LogP contribution in [0.4, 0.5) is 5.69 Å². The number of benzene rings is 2. The molecular formula is C20H21NO6. The number of hydrogen-bond donors (Lipinski definition) is 1. The highest BCUT2D eigenvalue weighted by Gasteiger charge is 2.24. The predicted molar refractivity (Wildman–Crippen MR) is 98.7 cm³/mol. The molecule has 27 heavy (non-hydrogen) atoms. The first-order chi connectivity index (χ1) is 13.0. The Labute approximate surface area is 157 Å². The van der Waals surface area contributed by atoms with Crippen LogP contribution in [0.3, 0.4) is 0 Å². The number of aryl methyl sites for hydroxylation is 1. The Hall–Kier alpha value is -3.22. The van der Waals surface area contributed by atoms with Gasteiger partial charge in [0.1, 0.15) is 13.2 Å². The van der Waals surface area contributed by atoms with E-state index in [-0.39, 0.29) is 5.56 Å². The Morgan fingerprint density at radius 2 is 1.93 bits per heavy atom. The number of ether oxygens (including phenoxy) is 4. The molecule has 0 saturated heterocycles. The molecule has 0 fully saturated rings. The van der Waals surface area contributed by atoms with Crippen molar-refractivity contribution >= 4 is 17.6 Å². The zero-order chi connectivity index (χ0) is 19.4. The maximum atomic E-state index is 12.5. The number of nitrogens with one attached hydrogen (secondary N) is 1. The fourth-order valence-corrected chi connectivity index (χ4v) is 2.64. The minimum atomic E-state index is -0.975. The number of esters is 1. The number of carbonyl (C=O) groups is 2. The Morgan fingerprint density at radius 1 is 1.15 bits per heavy atom. The van der Waals surface area contributed by atoms with Crippen molar-refractivity contribution in [3.8, 4) is 17.2 Å². The number of fused-ring (bicyclic) bond motifs is 1. The van der Waals surface area contributed by atoms with Gasteiger partial charge in [0.25, 0.3) is 5.91 Å². The molecule has 3 rings (SSSR count).